The highest BCUT2D eigenvalue weighted by atomic mass is 79.9. The van der Waals surface area contributed by atoms with Crippen molar-refractivity contribution in [1.82, 2.24) is 0 Å². The van der Waals surface area contributed by atoms with Crippen LogP contribution in [0.25, 0.3) is 0 Å². The zero-order chi connectivity index (χ0) is 11.8. The highest BCUT2D eigenvalue weighted by Gasteiger charge is 2.40. The molecule has 0 saturated carbocycles. The molecule has 1 fully saturated rings. The molecule has 4 nitrogen and oxygen atoms in total. The molecule has 1 unspecified atom stereocenters. The third-order valence-electron chi connectivity index (χ3n) is 2.62. The number of benzene rings is 1. The van der Waals surface area contributed by atoms with E-state index in [2.05, 4.69) is 15.9 Å². The zero-order valence-corrected chi connectivity index (χ0v) is 10.5. The number of hydrogen-bond acceptors (Lipinski definition) is 3. The third kappa shape index (κ3) is 2.05. The van der Waals surface area contributed by atoms with Gasteiger partial charge in [0.2, 0.25) is 0 Å². The number of cyclic esters (lactones) is 1. The number of anilines is 1. The van der Waals surface area contributed by atoms with Gasteiger partial charge in [0.15, 0.2) is 0 Å². The van der Waals surface area contributed by atoms with Gasteiger partial charge in [0.05, 0.1) is 6.54 Å². The lowest BCUT2D eigenvalue weighted by Gasteiger charge is -2.18. The van der Waals surface area contributed by atoms with Gasteiger partial charge in [0.1, 0.15) is 5.60 Å². The van der Waals surface area contributed by atoms with Crippen LogP contribution in [-0.2, 0) is 4.74 Å². The first kappa shape index (κ1) is 11.4. The summed E-state index contributed by atoms with van der Waals surface area (Å²) in [6.45, 7) is 2.65. The van der Waals surface area contributed by atoms with E-state index in [1.165, 1.54) is 0 Å². The largest absolute Gasteiger partial charge is 0.440 e. The Kier molecular flexibility index (Phi) is 2.90. The molecule has 5 heteroatoms. The van der Waals surface area contributed by atoms with Crippen LogP contribution < -0.4 is 10.6 Å². The summed E-state index contributed by atoms with van der Waals surface area (Å²) in [5.41, 5.74) is 5.83. The van der Waals surface area contributed by atoms with Crippen molar-refractivity contribution in [2.45, 2.75) is 12.5 Å². The molecule has 1 heterocycles. The van der Waals surface area contributed by atoms with Crippen LogP contribution >= 0.6 is 15.9 Å². The summed E-state index contributed by atoms with van der Waals surface area (Å²) in [4.78, 5) is 13.3. The zero-order valence-electron chi connectivity index (χ0n) is 8.94. The lowest BCUT2D eigenvalue weighted by atomic mass is 10.1. The van der Waals surface area contributed by atoms with Crippen molar-refractivity contribution in [2.75, 3.05) is 18.0 Å². The minimum atomic E-state index is -0.579. The molecule has 16 heavy (non-hydrogen) atoms. The third-order valence-corrected chi connectivity index (χ3v) is 3.15. The number of amides is 1. The molecule has 0 bridgehead atoms. The molecule has 0 spiro atoms. The number of nitrogens with two attached hydrogens (primary N) is 1. The number of nitrogens with zero attached hydrogens (tertiary/aromatic N) is 1. The molecule has 0 radical (unpaired) electrons. The van der Waals surface area contributed by atoms with Gasteiger partial charge in [0.25, 0.3) is 0 Å². The van der Waals surface area contributed by atoms with Gasteiger partial charge in [0, 0.05) is 16.7 Å². The lowest BCUT2D eigenvalue weighted by molar-refractivity contribution is 0.0789. The first-order valence-corrected chi connectivity index (χ1v) is 5.79. The molecule has 1 amide bonds. The van der Waals surface area contributed by atoms with Crippen LogP contribution in [0.1, 0.15) is 6.92 Å². The highest BCUT2D eigenvalue weighted by Crippen LogP contribution is 2.27. The summed E-state index contributed by atoms with van der Waals surface area (Å²) in [7, 11) is 0. The van der Waals surface area contributed by atoms with Crippen molar-refractivity contribution in [3.8, 4) is 0 Å². The Bertz CT molecular complexity index is 407. The monoisotopic (exact) mass is 284 g/mol. The average Bonchev–Trinajstić information content (AvgIpc) is 2.57. The average molecular weight is 285 g/mol. The lowest BCUT2D eigenvalue weighted by Crippen LogP contribution is -2.38. The number of rotatable bonds is 2. The van der Waals surface area contributed by atoms with Crippen LogP contribution in [-0.4, -0.2) is 24.8 Å². The first-order chi connectivity index (χ1) is 7.54. The van der Waals surface area contributed by atoms with E-state index >= 15 is 0 Å². The van der Waals surface area contributed by atoms with E-state index in [1.807, 2.05) is 31.2 Å². The minimum Gasteiger partial charge on any atom is -0.440 e. The van der Waals surface area contributed by atoms with E-state index in [4.69, 9.17) is 10.5 Å². The maximum absolute atomic E-state index is 11.7. The predicted molar refractivity (Wildman–Crippen MR) is 65.4 cm³/mol. The molecule has 2 rings (SSSR count). The van der Waals surface area contributed by atoms with Crippen molar-refractivity contribution < 1.29 is 9.53 Å². The summed E-state index contributed by atoms with van der Waals surface area (Å²) >= 11 is 3.35. The van der Waals surface area contributed by atoms with Crippen LogP contribution in [0.5, 0.6) is 0 Å². The SMILES string of the molecule is CC1(CN)CN(c2ccc(Br)cc2)C(=O)O1. The van der Waals surface area contributed by atoms with Gasteiger partial charge >= 0.3 is 6.09 Å². The summed E-state index contributed by atoms with van der Waals surface area (Å²) < 4.78 is 6.22. The number of carbonyl (C=O) groups is 1. The fourth-order valence-corrected chi connectivity index (χ4v) is 1.89. The van der Waals surface area contributed by atoms with Crippen LogP contribution in [0.4, 0.5) is 10.5 Å². The molecule has 1 atom stereocenters. The van der Waals surface area contributed by atoms with Gasteiger partial charge < -0.3 is 10.5 Å². The second-order valence-electron chi connectivity index (χ2n) is 4.08. The van der Waals surface area contributed by atoms with Crippen molar-refractivity contribution in [3.63, 3.8) is 0 Å². The molecular formula is C11H13BrN2O2. The van der Waals surface area contributed by atoms with E-state index in [0.29, 0.717) is 13.1 Å². The molecule has 0 aliphatic carbocycles. The summed E-state index contributed by atoms with van der Waals surface area (Å²) in [6.07, 6.45) is -0.338. The van der Waals surface area contributed by atoms with Gasteiger partial charge in [-0.15, -0.1) is 0 Å². The number of halogens is 1. The maximum Gasteiger partial charge on any atom is 0.415 e. The van der Waals surface area contributed by atoms with Crippen LogP contribution in [0, 0.1) is 0 Å². The molecule has 2 N–H and O–H groups in total. The fraction of sp³-hybridized carbons (Fsp3) is 0.364. The quantitative estimate of drug-likeness (QED) is 0.905. The molecule has 1 aliphatic heterocycles. The number of ether oxygens (including phenoxy) is 1. The Morgan fingerprint density at radius 1 is 1.50 bits per heavy atom. The molecule has 1 aromatic rings. The Hall–Kier alpha value is -1.07. The second kappa shape index (κ2) is 4.07. The fourth-order valence-electron chi connectivity index (χ4n) is 1.62. The second-order valence-corrected chi connectivity index (χ2v) is 5.00. The molecule has 1 aromatic carbocycles. The van der Waals surface area contributed by atoms with Gasteiger partial charge in [-0.25, -0.2) is 4.79 Å². The molecule has 1 aliphatic rings. The van der Waals surface area contributed by atoms with Gasteiger partial charge in [-0.1, -0.05) is 15.9 Å². The Morgan fingerprint density at radius 3 is 2.62 bits per heavy atom. The van der Waals surface area contributed by atoms with Crippen molar-refractivity contribution in [3.05, 3.63) is 28.7 Å². The Balaban J connectivity index is 2.23. The molecule has 86 valence electrons. The van der Waals surface area contributed by atoms with E-state index < -0.39 is 5.60 Å². The van der Waals surface area contributed by atoms with E-state index in [1.54, 1.807) is 4.90 Å². The molecule has 0 aromatic heterocycles. The highest BCUT2D eigenvalue weighted by molar-refractivity contribution is 9.10. The van der Waals surface area contributed by atoms with Crippen molar-refractivity contribution >= 4 is 27.7 Å². The smallest absolute Gasteiger partial charge is 0.415 e. The Morgan fingerprint density at radius 2 is 2.12 bits per heavy atom. The van der Waals surface area contributed by atoms with Crippen molar-refractivity contribution in [2.24, 2.45) is 5.73 Å². The van der Waals surface area contributed by atoms with Gasteiger partial charge in [-0.2, -0.15) is 0 Å². The van der Waals surface area contributed by atoms with E-state index in [-0.39, 0.29) is 6.09 Å². The van der Waals surface area contributed by atoms with Crippen LogP contribution in [0.3, 0.4) is 0 Å². The van der Waals surface area contributed by atoms with Crippen LogP contribution in [0.2, 0.25) is 0 Å². The minimum absolute atomic E-state index is 0.325. The van der Waals surface area contributed by atoms with Gasteiger partial charge in [-0.3, -0.25) is 4.90 Å². The summed E-state index contributed by atoms with van der Waals surface area (Å²) in [5, 5.41) is 0. The van der Waals surface area contributed by atoms with E-state index in [0.717, 1.165) is 10.2 Å². The first-order valence-electron chi connectivity index (χ1n) is 5.00. The number of carbonyl (C=O) groups excluding carboxylic acids is 1. The predicted octanol–water partition coefficient (Wildman–Crippen LogP) is 2.12. The number of hydrogen-bond donors (Lipinski definition) is 1. The van der Waals surface area contributed by atoms with Crippen molar-refractivity contribution in [1.29, 1.82) is 0 Å². The normalized spacial score (nSPS) is 24.7. The standard InChI is InChI=1S/C11H13BrN2O2/c1-11(6-13)7-14(10(15)16-11)9-4-2-8(12)3-5-9/h2-5H,6-7,13H2,1H3. The molecular weight excluding hydrogens is 272 g/mol. The van der Waals surface area contributed by atoms with Crippen LogP contribution in [0.15, 0.2) is 28.7 Å². The Labute approximate surface area is 102 Å². The summed E-state index contributed by atoms with van der Waals surface area (Å²) in [6, 6.07) is 7.52. The summed E-state index contributed by atoms with van der Waals surface area (Å²) in [5.74, 6) is 0. The van der Waals surface area contributed by atoms with E-state index in [9.17, 15) is 4.79 Å². The maximum atomic E-state index is 11.7. The van der Waals surface area contributed by atoms with Gasteiger partial charge in [-0.05, 0) is 31.2 Å². The molecule has 1 saturated heterocycles. The topological polar surface area (TPSA) is 55.6 Å².